The van der Waals surface area contributed by atoms with Gasteiger partial charge in [-0.2, -0.15) is 0 Å². The van der Waals surface area contributed by atoms with E-state index in [1.54, 1.807) is 24.3 Å². The molecule has 38 heavy (non-hydrogen) atoms. The summed E-state index contributed by atoms with van der Waals surface area (Å²) in [6.07, 6.45) is 0. The second kappa shape index (κ2) is 19.2. The molecule has 0 aliphatic heterocycles. The van der Waals surface area contributed by atoms with Gasteiger partial charge in [0.15, 0.2) is 0 Å². The molecule has 2 heterocycles. The van der Waals surface area contributed by atoms with Gasteiger partial charge in [0.05, 0.1) is 24.1 Å². The van der Waals surface area contributed by atoms with E-state index in [-0.39, 0.29) is 58.6 Å². The summed E-state index contributed by atoms with van der Waals surface area (Å²) in [5, 5.41) is 34.5. The maximum Gasteiger partial charge on any atom is 2.00 e. The first-order valence-corrected chi connectivity index (χ1v) is 10.1. The van der Waals surface area contributed by atoms with Gasteiger partial charge in [-0.15, -0.1) is 0 Å². The first-order valence-electron chi connectivity index (χ1n) is 10.1. The van der Waals surface area contributed by atoms with Gasteiger partial charge in [0.25, 0.3) is 0 Å². The number of pyridine rings is 2. The summed E-state index contributed by atoms with van der Waals surface area (Å²) in [4.78, 5) is 47.6. The first kappa shape index (κ1) is 36.3. The van der Waals surface area contributed by atoms with Crippen LogP contribution in [0.5, 0.6) is 0 Å². The predicted octanol–water partition coefficient (Wildman–Crippen LogP) is 1.92. The summed E-state index contributed by atoms with van der Waals surface area (Å²) in [6, 6.07) is 21.4. The van der Waals surface area contributed by atoms with Crippen LogP contribution in [-0.4, -0.2) is 67.4 Å². The van der Waals surface area contributed by atoms with Gasteiger partial charge in [0.1, 0.15) is 11.4 Å². The third-order valence-electron chi connectivity index (χ3n) is 3.98. The van der Waals surface area contributed by atoms with Crippen molar-refractivity contribution in [3.05, 3.63) is 84.2 Å². The number of nitrogens with two attached hydrogens (primary N) is 2. The summed E-state index contributed by atoms with van der Waals surface area (Å²) in [7, 11) is 0. The van der Waals surface area contributed by atoms with Crippen LogP contribution in [0.25, 0.3) is 21.8 Å². The Labute approximate surface area is 237 Å². The minimum atomic E-state index is -0.995. The van der Waals surface area contributed by atoms with Crippen molar-refractivity contribution < 1.29 is 73.7 Å². The average Bonchev–Trinajstić information content (AvgIpc) is 2.89. The molecule has 208 valence electrons. The zero-order chi connectivity index (χ0) is 27.1. The maximum atomic E-state index is 10.6. The van der Waals surface area contributed by atoms with Gasteiger partial charge in [0, 0.05) is 27.8 Å². The second-order valence-corrected chi connectivity index (χ2v) is 6.58. The van der Waals surface area contributed by atoms with Gasteiger partial charge in [-0.3, -0.25) is 9.59 Å². The zero-order valence-electron chi connectivity index (χ0n) is 19.4. The molecule has 0 bridgehead atoms. The monoisotopic (exact) mass is 622 g/mol. The maximum absolute atomic E-state index is 10.6. The molecule has 0 saturated carbocycles. The number of carboxylic acid groups (broad SMARTS) is 4. The van der Waals surface area contributed by atoms with Crippen LogP contribution in [0.2, 0.25) is 0 Å². The number of carbonyl (C=O) groups is 4. The molecule has 2 aromatic heterocycles. The first-order chi connectivity index (χ1) is 17.1. The zero-order valence-corrected chi connectivity index (χ0v) is 21.3. The third kappa shape index (κ3) is 13.4. The van der Waals surface area contributed by atoms with Crippen LogP contribution in [-0.2, 0) is 43.7 Å². The Kier molecular flexibility index (Phi) is 18.4. The van der Waals surface area contributed by atoms with Gasteiger partial charge < -0.3 is 31.9 Å². The van der Waals surface area contributed by atoms with E-state index >= 15 is 0 Å². The molecule has 0 unspecified atom stereocenters. The number of para-hydroxylation sites is 2. The van der Waals surface area contributed by atoms with Crippen molar-refractivity contribution >= 4 is 45.7 Å². The predicted molar refractivity (Wildman–Crippen MR) is 131 cm³/mol. The van der Waals surface area contributed by atoms with E-state index in [2.05, 4.69) is 21.4 Å². The molecule has 4 aromatic rings. The van der Waals surface area contributed by atoms with Crippen LogP contribution in [0, 0.1) is 0 Å². The largest absolute Gasteiger partial charge is 2.00 e. The number of hydrogen-bond acceptors (Lipinski definition) is 8. The summed E-state index contributed by atoms with van der Waals surface area (Å²) in [5.74, 6) is -3.92. The number of benzene rings is 2. The van der Waals surface area contributed by atoms with E-state index in [1.807, 2.05) is 36.4 Å². The van der Waals surface area contributed by atoms with Crippen LogP contribution in [0.1, 0.15) is 21.0 Å². The minimum Gasteiger partial charge on any atom is -0.480 e. The van der Waals surface area contributed by atoms with Gasteiger partial charge in [-0.05, 0) is 24.3 Å². The number of carboxylic acids is 4. The van der Waals surface area contributed by atoms with Crippen LogP contribution in [0.3, 0.4) is 0 Å². The van der Waals surface area contributed by atoms with Gasteiger partial charge in [0.2, 0.25) is 0 Å². The van der Waals surface area contributed by atoms with E-state index < -0.39 is 23.9 Å². The minimum absolute atomic E-state index is 0. The van der Waals surface area contributed by atoms with Crippen LogP contribution < -0.4 is 11.5 Å². The molecule has 4 rings (SSSR count). The molecule has 2 aromatic carbocycles. The Morgan fingerprint density at radius 1 is 0.579 bits per heavy atom. The molecule has 0 saturated heterocycles. The van der Waals surface area contributed by atoms with E-state index in [4.69, 9.17) is 20.4 Å². The fourth-order valence-corrected chi connectivity index (χ4v) is 2.37. The number of aromatic nitrogens is 2. The van der Waals surface area contributed by atoms with Crippen molar-refractivity contribution in [2.45, 2.75) is 0 Å². The van der Waals surface area contributed by atoms with Crippen LogP contribution in [0.4, 0.5) is 0 Å². The van der Waals surface area contributed by atoms with E-state index in [0.717, 1.165) is 10.8 Å². The quantitative estimate of drug-likeness (QED) is 0.179. The number of aromatic carboxylic acids is 2. The molecular formula is C24H24Cu2N4O8+2. The van der Waals surface area contributed by atoms with E-state index in [9.17, 15) is 19.2 Å². The summed E-state index contributed by atoms with van der Waals surface area (Å²) >= 11 is 0. The Bertz CT molecular complexity index is 1250. The van der Waals surface area contributed by atoms with E-state index in [0.29, 0.717) is 11.0 Å². The van der Waals surface area contributed by atoms with Crippen molar-refractivity contribution in [2.75, 3.05) is 13.1 Å². The number of hydrogen-bond donors (Lipinski definition) is 6. The molecule has 12 nitrogen and oxygen atoms in total. The van der Waals surface area contributed by atoms with E-state index in [1.165, 1.54) is 12.1 Å². The van der Waals surface area contributed by atoms with Crippen molar-refractivity contribution in [3.63, 3.8) is 0 Å². The Balaban J connectivity index is 0. The molecule has 0 fully saturated rings. The molecule has 8 N–H and O–H groups in total. The van der Waals surface area contributed by atoms with Crippen molar-refractivity contribution in [1.29, 1.82) is 0 Å². The van der Waals surface area contributed by atoms with Gasteiger partial charge in [-0.1, -0.05) is 48.5 Å². The summed E-state index contributed by atoms with van der Waals surface area (Å²) in [6.45, 7) is -0.556. The molecule has 14 heteroatoms. The summed E-state index contributed by atoms with van der Waals surface area (Å²) in [5.41, 5.74) is 10.7. The number of nitrogens with zero attached hydrogens (tertiary/aromatic N) is 2. The Morgan fingerprint density at radius 2 is 0.868 bits per heavy atom. The number of fused-ring (bicyclic) bond motifs is 2. The summed E-state index contributed by atoms with van der Waals surface area (Å²) < 4.78 is 0. The molecule has 2 radical (unpaired) electrons. The van der Waals surface area contributed by atoms with Gasteiger partial charge in [-0.25, -0.2) is 19.6 Å². The average molecular weight is 624 g/mol. The molecule has 0 amide bonds. The Hall–Kier alpha value is -3.90. The topological polar surface area (TPSA) is 227 Å². The molecular weight excluding hydrogens is 599 g/mol. The van der Waals surface area contributed by atoms with Crippen LogP contribution >= 0.6 is 0 Å². The van der Waals surface area contributed by atoms with Gasteiger partial charge >= 0.3 is 40.9 Å². The van der Waals surface area contributed by atoms with Crippen molar-refractivity contribution in [1.82, 2.24) is 9.97 Å². The molecule has 0 spiro atoms. The fraction of sp³-hybridized carbons (Fsp3) is 0.0833. The molecule has 0 atom stereocenters. The molecule has 0 aliphatic rings. The van der Waals surface area contributed by atoms with Crippen molar-refractivity contribution in [2.24, 2.45) is 11.5 Å². The second-order valence-electron chi connectivity index (χ2n) is 6.58. The number of rotatable bonds is 4. The van der Waals surface area contributed by atoms with Crippen molar-refractivity contribution in [3.8, 4) is 0 Å². The molecule has 0 aliphatic carbocycles. The third-order valence-corrected chi connectivity index (χ3v) is 3.98. The standard InChI is InChI=1S/2C10H7NO2.2C2H5NO2.2Cu/c2*12-10(13)9-6-5-7-3-1-2-4-8(7)11-9;2*3-1-2(4)5;;/h2*1-6H,(H,12,13);2*1,3H2,(H,4,5);;/q;;;;;+2. The Morgan fingerprint density at radius 3 is 1.13 bits per heavy atom. The number of aliphatic carboxylic acids is 2. The normalized spacial score (nSPS) is 8.89. The fourth-order valence-electron chi connectivity index (χ4n) is 2.37. The SMILES string of the molecule is NCC(=O)O.NCC(=O)O.O=C(O)c1ccc2ccccc2n1.O=C(O)c1ccc2ccccc2n1.[Cu+2].[Cu]. The van der Waals surface area contributed by atoms with Crippen LogP contribution in [0.15, 0.2) is 72.8 Å². The smallest absolute Gasteiger partial charge is 0.480 e.